The quantitative estimate of drug-likeness (QED) is 0.761. The molecule has 15 heavy (non-hydrogen) atoms. The summed E-state index contributed by atoms with van der Waals surface area (Å²) in [6.45, 7) is 9.59. The Kier molecular flexibility index (Phi) is 2.08. The lowest BCUT2D eigenvalue weighted by atomic mass is 9.38. The predicted molar refractivity (Wildman–Crippen MR) is 58.4 cm³/mol. The van der Waals surface area contributed by atoms with Gasteiger partial charge >= 0.3 is 6.09 Å². The number of carbonyl (C=O) groups is 1. The van der Waals surface area contributed by atoms with E-state index in [9.17, 15) is 4.79 Å². The molecule has 0 aromatic heterocycles. The highest BCUT2D eigenvalue weighted by atomic mass is 16.6. The summed E-state index contributed by atoms with van der Waals surface area (Å²) in [5.74, 6) is 0. The van der Waals surface area contributed by atoms with Gasteiger partial charge in [0.15, 0.2) is 0 Å². The Hall–Kier alpha value is -0.730. The molecule has 3 saturated carbocycles. The van der Waals surface area contributed by atoms with Crippen molar-refractivity contribution in [2.75, 3.05) is 0 Å². The topological polar surface area (TPSA) is 38.3 Å². The molecule has 1 amide bonds. The normalized spacial score (nSPS) is 37.6. The second kappa shape index (κ2) is 2.89. The highest BCUT2D eigenvalue weighted by molar-refractivity contribution is 5.69. The SMILES string of the molecule is [CH2]CC12CC(NC(=O)OC(C)(C)C)(C1)C2. The lowest BCUT2D eigenvalue weighted by molar-refractivity contribution is -0.149. The van der Waals surface area contributed by atoms with E-state index in [4.69, 9.17) is 4.74 Å². The monoisotopic (exact) mass is 210 g/mol. The maximum Gasteiger partial charge on any atom is 0.408 e. The molecule has 3 aliphatic carbocycles. The van der Waals surface area contributed by atoms with E-state index in [0.29, 0.717) is 5.41 Å². The van der Waals surface area contributed by atoms with Gasteiger partial charge in [-0.15, -0.1) is 0 Å². The summed E-state index contributed by atoms with van der Waals surface area (Å²) < 4.78 is 5.23. The van der Waals surface area contributed by atoms with Crippen LogP contribution in [-0.2, 0) is 4.74 Å². The zero-order valence-electron chi connectivity index (χ0n) is 9.85. The number of carbonyl (C=O) groups excluding carboxylic acids is 1. The lowest BCUT2D eigenvalue weighted by Crippen LogP contribution is -2.74. The summed E-state index contributed by atoms with van der Waals surface area (Å²) in [6.07, 6.45) is 3.97. The van der Waals surface area contributed by atoms with Gasteiger partial charge in [0.05, 0.1) is 0 Å². The predicted octanol–water partition coefficient (Wildman–Crippen LogP) is 2.66. The second-order valence-electron chi connectivity index (χ2n) is 6.19. The molecule has 3 rings (SSSR count). The van der Waals surface area contributed by atoms with Crippen molar-refractivity contribution in [3.8, 4) is 0 Å². The third-order valence-corrected chi connectivity index (χ3v) is 3.44. The van der Waals surface area contributed by atoms with E-state index in [1.165, 1.54) is 0 Å². The van der Waals surface area contributed by atoms with Crippen LogP contribution in [0.1, 0.15) is 46.5 Å². The molecule has 0 atom stereocenters. The van der Waals surface area contributed by atoms with E-state index in [1.807, 2.05) is 20.8 Å². The van der Waals surface area contributed by atoms with Crippen LogP contribution < -0.4 is 5.32 Å². The Balaban J connectivity index is 1.79. The van der Waals surface area contributed by atoms with Crippen molar-refractivity contribution in [2.24, 2.45) is 5.41 Å². The summed E-state index contributed by atoms with van der Waals surface area (Å²) in [6, 6.07) is 0. The minimum Gasteiger partial charge on any atom is -0.444 e. The smallest absolute Gasteiger partial charge is 0.408 e. The highest BCUT2D eigenvalue weighted by Crippen LogP contribution is 2.68. The second-order valence-corrected chi connectivity index (χ2v) is 6.19. The molecule has 85 valence electrons. The average molecular weight is 210 g/mol. The molecule has 0 heterocycles. The van der Waals surface area contributed by atoms with Crippen LogP contribution in [0.3, 0.4) is 0 Å². The molecule has 0 saturated heterocycles. The fourth-order valence-electron chi connectivity index (χ4n) is 2.92. The first-order valence-electron chi connectivity index (χ1n) is 5.59. The Morgan fingerprint density at radius 2 is 1.93 bits per heavy atom. The van der Waals surface area contributed by atoms with Crippen molar-refractivity contribution in [3.05, 3.63) is 6.92 Å². The van der Waals surface area contributed by atoms with Crippen LogP contribution in [-0.4, -0.2) is 17.2 Å². The molecule has 3 fully saturated rings. The van der Waals surface area contributed by atoms with Gasteiger partial charge in [0.25, 0.3) is 0 Å². The Morgan fingerprint density at radius 3 is 2.33 bits per heavy atom. The van der Waals surface area contributed by atoms with Gasteiger partial charge in [0.1, 0.15) is 5.60 Å². The molecule has 0 unspecified atom stereocenters. The fourth-order valence-corrected chi connectivity index (χ4v) is 2.92. The van der Waals surface area contributed by atoms with E-state index in [-0.39, 0.29) is 11.6 Å². The van der Waals surface area contributed by atoms with Gasteiger partial charge in [-0.2, -0.15) is 0 Å². The van der Waals surface area contributed by atoms with E-state index in [0.717, 1.165) is 25.7 Å². The summed E-state index contributed by atoms with van der Waals surface area (Å²) in [5, 5.41) is 2.99. The minimum absolute atomic E-state index is 0.0556. The number of hydrogen-bond donors (Lipinski definition) is 1. The number of alkyl carbamates (subject to hydrolysis) is 1. The van der Waals surface area contributed by atoms with Crippen molar-refractivity contribution in [2.45, 2.75) is 57.6 Å². The molecule has 1 N–H and O–H groups in total. The molecule has 0 aliphatic heterocycles. The van der Waals surface area contributed by atoms with Gasteiger partial charge in [-0.05, 0) is 51.9 Å². The standard InChI is InChI=1S/C12H20NO2/c1-5-11-6-12(7-11,8-11)13-9(14)15-10(2,3)4/h1,5-8H2,2-4H3,(H,13,14). The molecular formula is C12H20NO2. The summed E-state index contributed by atoms with van der Waals surface area (Å²) in [7, 11) is 0. The van der Waals surface area contributed by atoms with Crippen LogP contribution in [0.4, 0.5) is 4.79 Å². The number of ether oxygens (including phenoxy) is 1. The van der Waals surface area contributed by atoms with Crippen molar-refractivity contribution in [3.63, 3.8) is 0 Å². The largest absolute Gasteiger partial charge is 0.444 e. The summed E-state index contributed by atoms with van der Waals surface area (Å²) in [4.78, 5) is 11.5. The third-order valence-electron chi connectivity index (χ3n) is 3.44. The first-order valence-corrected chi connectivity index (χ1v) is 5.59. The number of rotatable bonds is 2. The zero-order chi connectivity index (χ0) is 11.3. The van der Waals surface area contributed by atoms with Crippen LogP contribution in [0.2, 0.25) is 0 Å². The molecule has 3 aliphatic rings. The first-order chi connectivity index (χ1) is 6.78. The molecule has 0 spiro atoms. The van der Waals surface area contributed by atoms with Gasteiger partial charge in [-0.3, -0.25) is 0 Å². The Morgan fingerprint density at radius 1 is 1.40 bits per heavy atom. The molecule has 1 radical (unpaired) electrons. The van der Waals surface area contributed by atoms with Crippen molar-refractivity contribution in [1.82, 2.24) is 5.32 Å². The summed E-state index contributed by atoms with van der Waals surface area (Å²) in [5.41, 5.74) is 0.104. The maximum absolute atomic E-state index is 11.5. The van der Waals surface area contributed by atoms with E-state index in [1.54, 1.807) is 0 Å². The van der Waals surface area contributed by atoms with Crippen molar-refractivity contribution in [1.29, 1.82) is 0 Å². The van der Waals surface area contributed by atoms with Crippen LogP contribution in [0, 0.1) is 12.3 Å². The van der Waals surface area contributed by atoms with Crippen molar-refractivity contribution >= 4 is 6.09 Å². The maximum atomic E-state index is 11.5. The van der Waals surface area contributed by atoms with Crippen LogP contribution in [0.15, 0.2) is 0 Å². The van der Waals surface area contributed by atoms with Gasteiger partial charge in [0, 0.05) is 5.54 Å². The van der Waals surface area contributed by atoms with Gasteiger partial charge in [-0.1, -0.05) is 6.92 Å². The van der Waals surface area contributed by atoms with Crippen LogP contribution in [0.25, 0.3) is 0 Å². The molecule has 3 heteroatoms. The molecule has 0 aromatic carbocycles. The lowest BCUT2D eigenvalue weighted by Gasteiger charge is -2.70. The summed E-state index contributed by atoms with van der Waals surface area (Å²) >= 11 is 0. The van der Waals surface area contributed by atoms with E-state index in [2.05, 4.69) is 12.2 Å². The van der Waals surface area contributed by atoms with E-state index < -0.39 is 5.60 Å². The van der Waals surface area contributed by atoms with Gasteiger partial charge in [-0.25, -0.2) is 4.79 Å². The number of nitrogens with one attached hydrogen (secondary N) is 1. The van der Waals surface area contributed by atoms with Gasteiger partial charge < -0.3 is 10.1 Å². The van der Waals surface area contributed by atoms with Crippen molar-refractivity contribution < 1.29 is 9.53 Å². The van der Waals surface area contributed by atoms with Crippen LogP contribution >= 0.6 is 0 Å². The molecule has 2 bridgehead atoms. The number of amides is 1. The minimum atomic E-state index is -0.405. The van der Waals surface area contributed by atoms with E-state index >= 15 is 0 Å². The first kappa shape index (κ1) is 10.8. The average Bonchev–Trinajstić information content (AvgIpc) is 1.89. The molecule has 0 aromatic rings. The third kappa shape index (κ3) is 1.84. The zero-order valence-corrected chi connectivity index (χ0v) is 9.85. The molecule has 3 nitrogen and oxygen atoms in total. The fraction of sp³-hybridized carbons (Fsp3) is 0.833. The molecular weight excluding hydrogens is 190 g/mol. The Bertz CT molecular complexity index is 271. The van der Waals surface area contributed by atoms with Gasteiger partial charge in [0.2, 0.25) is 0 Å². The number of hydrogen-bond acceptors (Lipinski definition) is 2. The highest BCUT2D eigenvalue weighted by Gasteiger charge is 2.67. The Labute approximate surface area is 91.6 Å². The van der Waals surface area contributed by atoms with Crippen LogP contribution in [0.5, 0.6) is 0 Å².